The van der Waals surface area contributed by atoms with Gasteiger partial charge >= 0.3 is 0 Å². The molecular weight excluding hydrogens is 392 g/mol. The van der Waals surface area contributed by atoms with Crippen LogP contribution in [0, 0.1) is 0 Å². The fourth-order valence-electron chi connectivity index (χ4n) is 4.18. The van der Waals surface area contributed by atoms with Gasteiger partial charge in [0.25, 0.3) is 0 Å². The molecule has 1 saturated carbocycles. The van der Waals surface area contributed by atoms with Crippen LogP contribution >= 0.6 is 0 Å². The second kappa shape index (κ2) is 8.47. The molecule has 0 bridgehead atoms. The summed E-state index contributed by atoms with van der Waals surface area (Å²) in [5.74, 6) is 1.45. The van der Waals surface area contributed by atoms with Crippen molar-refractivity contribution in [2.75, 3.05) is 25.1 Å². The Kier molecular flexibility index (Phi) is 5.38. The number of benzene rings is 1. The highest BCUT2D eigenvalue weighted by molar-refractivity contribution is 5.74. The molecule has 0 spiro atoms. The number of rotatable bonds is 6. The highest BCUT2D eigenvalue weighted by Crippen LogP contribution is 2.33. The Balaban J connectivity index is 1.29. The monoisotopic (exact) mass is 418 g/mol. The third kappa shape index (κ3) is 4.16. The highest BCUT2D eigenvalue weighted by atomic mass is 16.5. The summed E-state index contributed by atoms with van der Waals surface area (Å²) in [6.45, 7) is 1.95. The van der Waals surface area contributed by atoms with E-state index in [9.17, 15) is 5.11 Å². The molecule has 160 valence electrons. The van der Waals surface area contributed by atoms with Crippen LogP contribution in [-0.2, 0) is 0 Å². The van der Waals surface area contributed by atoms with Crippen LogP contribution in [0.3, 0.4) is 0 Å². The average Bonchev–Trinajstić information content (AvgIpc) is 3.25. The van der Waals surface area contributed by atoms with E-state index in [1.807, 2.05) is 24.3 Å². The molecule has 3 heterocycles. The van der Waals surface area contributed by atoms with Crippen LogP contribution in [0.25, 0.3) is 22.4 Å². The van der Waals surface area contributed by atoms with Gasteiger partial charge in [0, 0.05) is 42.4 Å². The number of nitrogens with one attached hydrogen (secondary N) is 1. The standard InChI is InChI=1S/C23H26N6O2/c1-31-23-12-16(13-24-28-23)15-5-6-19(21(30)11-15)20-7-8-22(27-26-20)29-10-9-18(14-29)25-17-3-2-4-17/h5-8,11-13,17-18,25,30H,2-4,9-10,14H2,1H3. The maximum atomic E-state index is 10.6. The van der Waals surface area contributed by atoms with Gasteiger partial charge in [0.05, 0.1) is 19.0 Å². The molecule has 1 unspecified atom stereocenters. The molecule has 5 rings (SSSR count). The zero-order chi connectivity index (χ0) is 21.2. The lowest BCUT2D eigenvalue weighted by Gasteiger charge is -2.29. The minimum absolute atomic E-state index is 0.140. The number of nitrogens with zero attached hydrogens (tertiary/aromatic N) is 5. The zero-order valence-electron chi connectivity index (χ0n) is 17.5. The lowest BCUT2D eigenvalue weighted by Crippen LogP contribution is -2.43. The second-order valence-electron chi connectivity index (χ2n) is 8.22. The Morgan fingerprint density at radius 2 is 1.90 bits per heavy atom. The topological polar surface area (TPSA) is 96.3 Å². The van der Waals surface area contributed by atoms with Gasteiger partial charge in [0.15, 0.2) is 5.82 Å². The van der Waals surface area contributed by atoms with Gasteiger partial charge in [0.2, 0.25) is 5.88 Å². The molecule has 8 nitrogen and oxygen atoms in total. The molecule has 1 aromatic carbocycles. The minimum atomic E-state index is 0.140. The number of phenols is 1. The second-order valence-corrected chi connectivity index (χ2v) is 8.22. The summed E-state index contributed by atoms with van der Waals surface area (Å²) < 4.78 is 5.12. The molecule has 1 atom stereocenters. The number of methoxy groups -OCH3 is 1. The van der Waals surface area contributed by atoms with Crippen LogP contribution in [-0.4, -0.2) is 57.8 Å². The van der Waals surface area contributed by atoms with Crippen molar-refractivity contribution in [2.24, 2.45) is 0 Å². The van der Waals surface area contributed by atoms with E-state index in [0.29, 0.717) is 29.2 Å². The van der Waals surface area contributed by atoms with E-state index in [2.05, 4.69) is 30.6 Å². The van der Waals surface area contributed by atoms with Gasteiger partial charge in [-0.15, -0.1) is 15.3 Å². The predicted molar refractivity (Wildman–Crippen MR) is 118 cm³/mol. The molecule has 0 radical (unpaired) electrons. The van der Waals surface area contributed by atoms with Gasteiger partial charge in [-0.05, 0) is 49.1 Å². The normalized spacial score (nSPS) is 18.7. The molecule has 31 heavy (non-hydrogen) atoms. The van der Waals surface area contributed by atoms with Gasteiger partial charge in [-0.3, -0.25) is 0 Å². The summed E-state index contributed by atoms with van der Waals surface area (Å²) in [6.07, 6.45) is 6.73. The lowest BCUT2D eigenvalue weighted by molar-refractivity contribution is 0.311. The summed E-state index contributed by atoms with van der Waals surface area (Å²) in [4.78, 5) is 2.28. The summed E-state index contributed by atoms with van der Waals surface area (Å²) in [6, 6.07) is 12.4. The Labute approximate surface area is 181 Å². The largest absolute Gasteiger partial charge is 0.507 e. The Morgan fingerprint density at radius 3 is 2.61 bits per heavy atom. The van der Waals surface area contributed by atoms with Crippen molar-refractivity contribution in [1.29, 1.82) is 0 Å². The lowest BCUT2D eigenvalue weighted by atomic mass is 9.92. The van der Waals surface area contributed by atoms with Crippen molar-refractivity contribution in [3.63, 3.8) is 0 Å². The van der Waals surface area contributed by atoms with E-state index < -0.39 is 0 Å². The van der Waals surface area contributed by atoms with Crippen molar-refractivity contribution >= 4 is 5.82 Å². The van der Waals surface area contributed by atoms with Crippen molar-refractivity contribution in [3.8, 4) is 34.0 Å². The molecule has 2 aromatic heterocycles. The smallest absolute Gasteiger partial charge is 0.233 e. The Hall–Kier alpha value is -3.26. The van der Waals surface area contributed by atoms with Crippen LogP contribution in [0.1, 0.15) is 25.7 Å². The number of hydrogen-bond donors (Lipinski definition) is 2. The molecule has 1 aliphatic carbocycles. The zero-order valence-corrected chi connectivity index (χ0v) is 17.5. The third-order valence-corrected chi connectivity index (χ3v) is 6.19. The molecule has 2 aliphatic rings. The first-order chi connectivity index (χ1) is 15.2. The maximum absolute atomic E-state index is 10.6. The van der Waals surface area contributed by atoms with Crippen molar-refractivity contribution in [1.82, 2.24) is 25.7 Å². The fourth-order valence-corrected chi connectivity index (χ4v) is 4.18. The van der Waals surface area contributed by atoms with Crippen LogP contribution < -0.4 is 15.0 Å². The highest BCUT2D eigenvalue weighted by Gasteiger charge is 2.27. The van der Waals surface area contributed by atoms with Gasteiger partial charge in [-0.2, -0.15) is 5.10 Å². The van der Waals surface area contributed by atoms with Crippen molar-refractivity contribution in [3.05, 3.63) is 42.6 Å². The Bertz CT molecular complexity index is 1050. The number of ether oxygens (including phenoxy) is 1. The van der Waals surface area contributed by atoms with E-state index in [1.165, 1.54) is 19.3 Å². The van der Waals surface area contributed by atoms with E-state index in [4.69, 9.17) is 4.74 Å². The molecule has 0 amide bonds. The van der Waals surface area contributed by atoms with Gasteiger partial charge in [0.1, 0.15) is 5.75 Å². The third-order valence-electron chi connectivity index (χ3n) is 6.19. The number of aromatic nitrogens is 4. The van der Waals surface area contributed by atoms with E-state index in [-0.39, 0.29) is 5.75 Å². The maximum Gasteiger partial charge on any atom is 0.233 e. The predicted octanol–water partition coefficient (Wildman–Crippen LogP) is 3.04. The Morgan fingerprint density at radius 1 is 1.00 bits per heavy atom. The SMILES string of the molecule is COc1cc(-c2ccc(-c3ccc(N4CCC(NC5CCC5)C4)nn3)c(O)c2)cnn1. The molecule has 2 fully saturated rings. The molecule has 1 saturated heterocycles. The van der Waals surface area contributed by atoms with Crippen LogP contribution in [0.2, 0.25) is 0 Å². The molecule has 3 aromatic rings. The molecule has 2 N–H and O–H groups in total. The van der Waals surface area contributed by atoms with E-state index >= 15 is 0 Å². The quantitative estimate of drug-likeness (QED) is 0.631. The fraction of sp³-hybridized carbons (Fsp3) is 0.391. The van der Waals surface area contributed by atoms with Gasteiger partial charge in [-0.25, -0.2) is 0 Å². The molecule has 1 aliphatic heterocycles. The van der Waals surface area contributed by atoms with Gasteiger partial charge in [-0.1, -0.05) is 12.5 Å². The van der Waals surface area contributed by atoms with Crippen molar-refractivity contribution in [2.45, 2.75) is 37.8 Å². The number of phenolic OH excluding ortho intramolecular Hbond substituents is 1. The van der Waals surface area contributed by atoms with Crippen molar-refractivity contribution < 1.29 is 9.84 Å². The summed E-state index contributed by atoms with van der Waals surface area (Å²) in [5, 5.41) is 31.0. The van der Waals surface area contributed by atoms with E-state index in [0.717, 1.165) is 36.5 Å². The van der Waals surface area contributed by atoms with Crippen LogP contribution in [0.4, 0.5) is 5.82 Å². The first-order valence-electron chi connectivity index (χ1n) is 10.7. The number of anilines is 1. The number of hydrogen-bond acceptors (Lipinski definition) is 8. The van der Waals surface area contributed by atoms with Crippen LogP contribution in [0.5, 0.6) is 11.6 Å². The molecule has 8 heteroatoms. The summed E-state index contributed by atoms with van der Waals surface area (Å²) >= 11 is 0. The number of aromatic hydroxyl groups is 1. The minimum Gasteiger partial charge on any atom is -0.507 e. The first-order valence-corrected chi connectivity index (χ1v) is 10.7. The molecular formula is C23H26N6O2. The van der Waals surface area contributed by atoms with Crippen LogP contribution in [0.15, 0.2) is 42.6 Å². The average molecular weight is 419 g/mol. The van der Waals surface area contributed by atoms with Gasteiger partial charge < -0.3 is 20.1 Å². The summed E-state index contributed by atoms with van der Waals surface area (Å²) in [7, 11) is 1.55. The van der Waals surface area contributed by atoms with E-state index in [1.54, 1.807) is 25.4 Å². The first kappa shape index (κ1) is 19.7. The summed E-state index contributed by atoms with van der Waals surface area (Å²) in [5.41, 5.74) is 2.92.